The molecule has 0 saturated carbocycles. The number of nitriles is 1. The minimum Gasteiger partial charge on any atom is -0.494 e. The van der Waals surface area contributed by atoms with E-state index in [4.69, 9.17) is 10.00 Å². The molecule has 0 bridgehead atoms. The van der Waals surface area contributed by atoms with E-state index in [1.165, 1.54) is 6.92 Å². The van der Waals surface area contributed by atoms with E-state index in [0.29, 0.717) is 30.0 Å². The molecule has 0 amide bonds. The lowest BCUT2D eigenvalue weighted by Crippen LogP contribution is -2.05. The topological polar surface area (TPSA) is 62.1 Å². The lowest BCUT2D eigenvalue weighted by molar-refractivity contribution is 0.101. The van der Waals surface area contributed by atoms with Crippen molar-refractivity contribution in [2.45, 2.75) is 26.8 Å². The molecule has 2 rings (SSSR count). The van der Waals surface area contributed by atoms with Crippen molar-refractivity contribution < 1.29 is 9.53 Å². The smallest absolute Gasteiger partial charge is 0.161 e. The van der Waals surface area contributed by atoms with Gasteiger partial charge in [0.25, 0.3) is 0 Å². The van der Waals surface area contributed by atoms with Crippen LogP contribution >= 0.6 is 0 Å². The maximum absolute atomic E-state index is 11.7. The van der Waals surface area contributed by atoms with Crippen LogP contribution in [0.4, 0.5) is 5.69 Å². The zero-order chi connectivity index (χ0) is 16.7. The molecule has 0 atom stereocenters. The predicted molar refractivity (Wildman–Crippen MR) is 90.7 cm³/mol. The normalized spacial score (nSPS) is 9.96. The molecule has 1 N–H and O–H groups in total. The number of anilines is 1. The first-order valence-corrected chi connectivity index (χ1v) is 7.64. The largest absolute Gasteiger partial charge is 0.494 e. The summed E-state index contributed by atoms with van der Waals surface area (Å²) >= 11 is 0. The number of benzene rings is 2. The average Bonchev–Trinajstić information content (AvgIpc) is 2.58. The average molecular weight is 308 g/mol. The third-order valence-electron chi connectivity index (χ3n) is 3.41. The van der Waals surface area contributed by atoms with Crippen LogP contribution in [0.1, 0.15) is 41.8 Å². The van der Waals surface area contributed by atoms with E-state index in [2.05, 4.69) is 18.3 Å². The number of nitrogens with zero attached hydrogens (tertiary/aromatic N) is 1. The third kappa shape index (κ3) is 4.58. The molecule has 2 aromatic rings. The van der Waals surface area contributed by atoms with Crippen molar-refractivity contribution in [2.24, 2.45) is 0 Å². The van der Waals surface area contributed by atoms with Gasteiger partial charge in [-0.2, -0.15) is 5.26 Å². The van der Waals surface area contributed by atoms with Crippen LogP contribution in [0.2, 0.25) is 0 Å². The summed E-state index contributed by atoms with van der Waals surface area (Å²) in [6, 6.07) is 15.0. The van der Waals surface area contributed by atoms with Crippen molar-refractivity contribution in [2.75, 3.05) is 11.9 Å². The Morgan fingerprint density at radius 2 is 1.96 bits per heavy atom. The molecule has 0 radical (unpaired) electrons. The van der Waals surface area contributed by atoms with Crippen LogP contribution in [-0.4, -0.2) is 12.4 Å². The zero-order valence-electron chi connectivity index (χ0n) is 13.4. The maximum Gasteiger partial charge on any atom is 0.161 e. The highest BCUT2D eigenvalue weighted by Crippen LogP contribution is 2.20. The Bertz CT molecular complexity index is 715. The summed E-state index contributed by atoms with van der Waals surface area (Å²) in [7, 11) is 0. The number of ketones is 1. The van der Waals surface area contributed by atoms with Crippen molar-refractivity contribution in [3.8, 4) is 11.8 Å². The molecule has 23 heavy (non-hydrogen) atoms. The van der Waals surface area contributed by atoms with Gasteiger partial charge in [-0.3, -0.25) is 4.79 Å². The molecule has 0 aromatic heterocycles. The molecule has 2 aromatic carbocycles. The quantitative estimate of drug-likeness (QED) is 0.780. The molecule has 0 aliphatic carbocycles. The fourth-order valence-electron chi connectivity index (χ4n) is 2.19. The molecule has 0 spiro atoms. The zero-order valence-corrected chi connectivity index (χ0v) is 13.4. The van der Waals surface area contributed by atoms with Gasteiger partial charge in [-0.1, -0.05) is 19.1 Å². The maximum atomic E-state index is 11.7. The molecule has 0 unspecified atom stereocenters. The number of carbonyl (C=O) groups excluding carboxylic acids is 1. The number of Topliss-reactive ketones (excluding diaryl/α,β-unsaturated/α-hetero) is 1. The first kappa shape index (κ1) is 16.6. The fourth-order valence-corrected chi connectivity index (χ4v) is 2.19. The third-order valence-corrected chi connectivity index (χ3v) is 3.41. The van der Waals surface area contributed by atoms with Crippen LogP contribution in [0.5, 0.6) is 5.75 Å². The van der Waals surface area contributed by atoms with Crippen LogP contribution < -0.4 is 10.1 Å². The molecule has 0 aliphatic heterocycles. The summed E-state index contributed by atoms with van der Waals surface area (Å²) in [6.07, 6.45) is 0.979. The van der Waals surface area contributed by atoms with Gasteiger partial charge in [0, 0.05) is 17.8 Å². The number of hydrogen-bond acceptors (Lipinski definition) is 4. The fraction of sp³-hybridized carbons (Fsp3) is 0.263. The Hall–Kier alpha value is -2.80. The van der Waals surface area contributed by atoms with Crippen LogP contribution in [-0.2, 0) is 6.54 Å². The van der Waals surface area contributed by atoms with E-state index in [1.54, 1.807) is 18.2 Å². The van der Waals surface area contributed by atoms with Crippen LogP contribution in [0.25, 0.3) is 0 Å². The molecular formula is C19H20N2O2. The second-order valence-electron chi connectivity index (χ2n) is 5.27. The lowest BCUT2D eigenvalue weighted by atomic mass is 10.1. The van der Waals surface area contributed by atoms with E-state index >= 15 is 0 Å². The van der Waals surface area contributed by atoms with E-state index in [-0.39, 0.29) is 5.78 Å². The Kier molecular flexibility index (Phi) is 5.76. The van der Waals surface area contributed by atoms with Crippen LogP contribution in [0.3, 0.4) is 0 Å². The number of hydrogen-bond donors (Lipinski definition) is 1. The number of ether oxygens (including phenoxy) is 1. The van der Waals surface area contributed by atoms with Crippen molar-refractivity contribution in [1.29, 1.82) is 5.26 Å². The molecule has 0 heterocycles. The monoisotopic (exact) mass is 308 g/mol. The molecule has 0 aliphatic rings. The first-order chi connectivity index (χ1) is 11.1. The summed E-state index contributed by atoms with van der Waals surface area (Å²) in [5.74, 6) is 0.826. The molecule has 118 valence electrons. The first-order valence-electron chi connectivity index (χ1n) is 7.64. The molecule has 0 fully saturated rings. The van der Waals surface area contributed by atoms with Gasteiger partial charge >= 0.3 is 0 Å². The summed E-state index contributed by atoms with van der Waals surface area (Å²) in [4.78, 5) is 11.7. The van der Waals surface area contributed by atoms with Crippen molar-refractivity contribution in [3.05, 3.63) is 59.2 Å². The highest BCUT2D eigenvalue weighted by molar-refractivity contribution is 5.99. The lowest BCUT2D eigenvalue weighted by Gasteiger charge is -2.11. The predicted octanol–water partition coefficient (Wildman–Crippen LogP) is 4.16. The minimum atomic E-state index is -0.0275. The molecule has 4 heteroatoms. The van der Waals surface area contributed by atoms with Crippen LogP contribution in [0, 0.1) is 11.3 Å². The van der Waals surface area contributed by atoms with Gasteiger partial charge in [-0.15, -0.1) is 0 Å². The van der Waals surface area contributed by atoms with E-state index < -0.39 is 0 Å². The molecule has 0 saturated heterocycles. The van der Waals surface area contributed by atoms with E-state index in [1.807, 2.05) is 24.3 Å². The number of rotatable bonds is 7. The number of carbonyl (C=O) groups is 1. The second kappa shape index (κ2) is 8.00. The summed E-state index contributed by atoms with van der Waals surface area (Å²) in [5, 5.41) is 12.2. The van der Waals surface area contributed by atoms with Crippen LogP contribution in [0.15, 0.2) is 42.5 Å². The van der Waals surface area contributed by atoms with E-state index in [9.17, 15) is 4.79 Å². The Morgan fingerprint density at radius 3 is 2.57 bits per heavy atom. The Morgan fingerprint density at radius 1 is 1.22 bits per heavy atom. The summed E-state index contributed by atoms with van der Waals surface area (Å²) in [6.45, 7) is 4.87. The van der Waals surface area contributed by atoms with Gasteiger partial charge in [0.15, 0.2) is 5.78 Å². The highest BCUT2D eigenvalue weighted by Gasteiger charge is 2.08. The standard InChI is InChI=1S/C19H20N2O2/c1-3-10-23-17-7-4-15(5-8-17)13-21-19-11-16(12-20)6-9-18(19)14(2)22/h4-9,11,21H,3,10,13H2,1-2H3. The number of nitrogens with one attached hydrogen (secondary N) is 1. The minimum absolute atomic E-state index is 0.0275. The highest BCUT2D eigenvalue weighted by atomic mass is 16.5. The van der Waals surface area contributed by atoms with Crippen molar-refractivity contribution in [3.63, 3.8) is 0 Å². The van der Waals surface area contributed by atoms with Crippen molar-refractivity contribution >= 4 is 11.5 Å². The molecule has 4 nitrogen and oxygen atoms in total. The SMILES string of the molecule is CCCOc1ccc(CNc2cc(C#N)ccc2C(C)=O)cc1. The second-order valence-corrected chi connectivity index (χ2v) is 5.27. The van der Waals surface area contributed by atoms with Gasteiger partial charge in [0.05, 0.1) is 18.2 Å². The van der Waals surface area contributed by atoms with Crippen molar-refractivity contribution in [1.82, 2.24) is 0 Å². The molecular weight excluding hydrogens is 288 g/mol. The summed E-state index contributed by atoms with van der Waals surface area (Å²) in [5.41, 5.74) is 2.88. The summed E-state index contributed by atoms with van der Waals surface area (Å²) < 4.78 is 5.55. The van der Waals surface area contributed by atoms with Gasteiger partial charge in [0.2, 0.25) is 0 Å². The van der Waals surface area contributed by atoms with Gasteiger partial charge in [-0.25, -0.2) is 0 Å². The Balaban J connectivity index is 2.08. The van der Waals surface area contributed by atoms with E-state index in [0.717, 1.165) is 17.7 Å². The van der Waals surface area contributed by atoms with Gasteiger partial charge in [0.1, 0.15) is 5.75 Å². The Labute approximate surface area is 136 Å². The van der Waals surface area contributed by atoms with Gasteiger partial charge < -0.3 is 10.1 Å². The van der Waals surface area contributed by atoms with Gasteiger partial charge in [-0.05, 0) is 49.2 Å².